The average molecular weight is 458 g/mol. The van der Waals surface area contributed by atoms with Crippen LogP contribution in [0.4, 0.5) is 15.8 Å². The third kappa shape index (κ3) is 5.31. The van der Waals surface area contributed by atoms with Crippen molar-refractivity contribution < 1.29 is 18.7 Å². The van der Waals surface area contributed by atoms with Gasteiger partial charge < -0.3 is 19.7 Å². The van der Waals surface area contributed by atoms with E-state index in [1.54, 1.807) is 42.7 Å². The highest BCUT2D eigenvalue weighted by Crippen LogP contribution is 2.34. The summed E-state index contributed by atoms with van der Waals surface area (Å²) in [6, 6.07) is 10.4. The highest BCUT2D eigenvalue weighted by atomic mass is 32.1. The van der Waals surface area contributed by atoms with Crippen molar-refractivity contribution in [3.8, 4) is 11.5 Å². The Hall–Kier alpha value is -2.84. The Morgan fingerprint density at radius 1 is 1.12 bits per heavy atom. The summed E-state index contributed by atoms with van der Waals surface area (Å²) in [6.45, 7) is 6.89. The van der Waals surface area contributed by atoms with Gasteiger partial charge in [-0.1, -0.05) is 0 Å². The third-order valence-electron chi connectivity index (χ3n) is 5.59. The monoisotopic (exact) mass is 457 g/mol. The number of carbonyl (C=O) groups is 1. The number of hydrogen-bond acceptors (Lipinski definition) is 6. The first-order valence-electron chi connectivity index (χ1n) is 10.8. The quantitative estimate of drug-likeness (QED) is 0.501. The van der Waals surface area contributed by atoms with Crippen LogP contribution in [0.25, 0.3) is 10.1 Å². The number of rotatable bonds is 8. The molecular formula is C24H28FN3O3S. The number of hydrogen-bond donors (Lipinski definition) is 1. The number of methoxy groups -OCH3 is 1. The van der Waals surface area contributed by atoms with Gasteiger partial charge in [0.05, 0.1) is 19.4 Å². The molecule has 1 amide bonds. The van der Waals surface area contributed by atoms with Gasteiger partial charge in [0, 0.05) is 66.9 Å². The van der Waals surface area contributed by atoms with E-state index < -0.39 is 0 Å². The molecule has 1 fully saturated rings. The Kier molecular flexibility index (Phi) is 7.12. The SMILES string of the molecule is COc1ccc(NC(C)=O)cc1OCCCN1CCN(c2csc3cc(F)ccc23)CC1. The van der Waals surface area contributed by atoms with E-state index in [1.807, 2.05) is 6.07 Å². The number of halogens is 1. The van der Waals surface area contributed by atoms with Crippen LogP contribution in [0.3, 0.4) is 0 Å². The molecular weight excluding hydrogens is 429 g/mol. The van der Waals surface area contributed by atoms with E-state index in [9.17, 15) is 9.18 Å². The molecule has 0 spiro atoms. The molecule has 3 aromatic rings. The highest BCUT2D eigenvalue weighted by molar-refractivity contribution is 7.17. The van der Waals surface area contributed by atoms with Gasteiger partial charge in [-0.15, -0.1) is 11.3 Å². The topological polar surface area (TPSA) is 54.0 Å². The van der Waals surface area contributed by atoms with Crippen molar-refractivity contribution in [3.63, 3.8) is 0 Å². The summed E-state index contributed by atoms with van der Waals surface area (Å²) < 4.78 is 25.8. The minimum absolute atomic E-state index is 0.122. The molecule has 0 radical (unpaired) electrons. The summed E-state index contributed by atoms with van der Waals surface area (Å²) >= 11 is 1.60. The van der Waals surface area contributed by atoms with Crippen LogP contribution in [-0.4, -0.2) is 57.2 Å². The first kappa shape index (κ1) is 22.4. The number of fused-ring (bicyclic) bond motifs is 1. The Bertz CT molecular complexity index is 1080. The van der Waals surface area contributed by atoms with Gasteiger partial charge in [-0.25, -0.2) is 4.39 Å². The van der Waals surface area contributed by atoms with Crippen molar-refractivity contribution in [2.75, 3.05) is 56.7 Å². The van der Waals surface area contributed by atoms with Crippen molar-refractivity contribution in [2.45, 2.75) is 13.3 Å². The van der Waals surface area contributed by atoms with Crippen molar-refractivity contribution in [1.29, 1.82) is 0 Å². The second-order valence-corrected chi connectivity index (χ2v) is 8.75. The van der Waals surface area contributed by atoms with Crippen LogP contribution >= 0.6 is 11.3 Å². The van der Waals surface area contributed by atoms with Crippen LogP contribution < -0.4 is 19.7 Å². The summed E-state index contributed by atoms with van der Waals surface area (Å²) in [5.41, 5.74) is 1.90. The van der Waals surface area contributed by atoms with Crippen LogP contribution in [0.2, 0.25) is 0 Å². The molecule has 0 saturated carbocycles. The largest absolute Gasteiger partial charge is 0.493 e. The van der Waals surface area contributed by atoms with Crippen molar-refractivity contribution >= 4 is 38.7 Å². The summed E-state index contributed by atoms with van der Waals surface area (Å²) in [7, 11) is 1.60. The van der Waals surface area contributed by atoms with E-state index in [2.05, 4.69) is 20.5 Å². The predicted molar refractivity (Wildman–Crippen MR) is 128 cm³/mol. The lowest BCUT2D eigenvalue weighted by Gasteiger charge is -2.35. The summed E-state index contributed by atoms with van der Waals surface area (Å²) in [4.78, 5) is 16.1. The van der Waals surface area contributed by atoms with Crippen molar-refractivity contribution in [3.05, 3.63) is 47.6 Å². The Morgan fingerprint density at radius 2 is 1.94 bits per heavy atom. The number of thiophene rings is 1. The van der Waals surface area contributed by atoms with Gasteiger partial charge in [-0.3, -0.25) is 9.69 Å². The van der Waals surface area contributed by atoms with Gasteiger partial charge in [0.2, 0.25) is 5.91 Å². The van der Waals surface area contributed by atoms with Gasteiger partial charge >= 0.3 is 0 Å². The van der Waals surface area contributed by atoms with Crippen molar-refractivity contribution in [2.24, 2.45) is 0 Å². The first-order chi connectivity index (χ1) is 15.5. The molecule has 170 valence electrons. The summed E-state index contributed by atoms with van der Waals surface area (Å²) in [5, 5.41) is 6.03. The Morgan fingerprint density at radius 3 is 2.69 bits per heavy atom. The lowest BCUT2D eigenvalue weighted by Crippen LogP contribution is -2.46. The molecule has 2 heterocycles. The second-order valence-electron chi connectivity index (χ2n) is 7.84. The molecule has 1 aliphatic heterocycles. The number of carbonyl (C=O) groups excluding carboxylic acids is 1. The molecule has 6 nitrogen and oxygen atoms in total. The Labute approximate surface area is 191 Å². The maximum atomic E-state index is 13.5. The Balaban J connectivity index is 1.25. The van der Waals surface area contributed by atoms with Crippen LogP contribution in [0.1, 0.15) is 13.3 Å². The molecule has 0 unspecified atom stereocenters. The van der Waals surface area contributed by atoms with Crippen LogP contribution in [0.5, 0.6) is 11.5 Å². The molecule has 1 saturated heterocycles. The van der Waals surface area contributed by atoms with E-state index in [0.717, 1.165) is 49.2 Å². The van der Waals surface area contributed by atoms with Gasteiger partial charge in [-0.05, 0) is 36.8 Å². The van der Waals surface area contributed by atoms with E-state index in [-0.39, 0.29) is 11.7 Å². The average Bonchev–Trinajstić information content (AvgIpc) is 3.20. The second kappa shape index (κ2) is 10.2. The number of ether oxygens (including phenoxy) is 2. The van der Waals surface area contributed by atoms with Gasteiger partial charge in [0.25, 0.3) is 0 Å². The first-order valence-corrected chi connectivity index (χ1v) is 11.6. The third-order valence-corrected chi connectivity index (χ3v) is 6.52. The fourth-order valence-corrected chi connectivity index (χ4v) is 4.98. The van der Waals surface area contributed by atoms with E-state index in [0.29, 0.717) is 23.8 Å². The fourth-order valence-electron chi connectivity index (χ4n) is 3.99. The standard InChI is InChI=1S/C24H28FN3O3S/c1-17(29)26-19-5-7-22(30-2)23(15-19)31-13-3-8-27-9-11-28(12-10-27)21-16-32-24-14-18(25)4-6-20(21)24/h4-7,14-16H,3,8-13H2,1-2H3,(H,26,29). The number of piperazine rings is 1. The zero-order chi connectivity index (χ0) is 22.5. The maximum Gasteiger partial charge on any atom is 0.221 e. The molecule has 1 N–H and O–H groups in total. The number of nitrogens with zero attached hydrogens (tertiary/aromatic N) is 2. The van der Waals surface area contributed by atoms with Crippen LogP contribution in [0.15, 0.2) is 41.8 Å². The van der Waals surface area contributed by atoms with Crippen LogP contribution in [0, 0.1) is 5.82 Å². The highest BCUT2D eigenvalue weighted by Gasteiger charge is 2.19. The summed E-state index contributed by atoms with van der Waals surface area (Å²) in [6.07, 6.45) is 0.897. The molecule has 1 aromatic heterocycles. The number of anilines is 2. The molecule has 2 aromatic carbocycles. The molecule has 8 heteroatoms. The van der Waals surface area contributed by atoms with Crippen LogP contribution in [-0.2, 0) is 4.79 Å². The summed E-state index contributed by atoms with van der Waals surface area (Å²) in [5.74, 6) is 0.972. The zero-order valence-corrected chi connectivity index (χ0v) is 19.2. The molecule has 0 atom stereocenters. The fraction of sp³-hybridized carbons (Fsp3) is 0.375. The zero-order valence-electron chi connectivity index (χ0n) is 18.4. The maximum absolute atomic E-state index is 13.5. The molecule has 32 heavy (non-hydrogen) atoms. The molecule has 4 rings (SSSR count). The van der Waals surface area contributed by atoms with E-state index >= 15 is 0 Å². The van der Waals surface area contributed by atoms with E-state index in [4.69, 9.17) is 9.47 Å². The van der Waals surface area contributed by atoms with Gasteiger partial charge in [-0.2, -0.15) is 0 Å². The van der Waals surface area contributed by atoms with Gasteiger partial charge in [0.15, 0.2) is 11.5 Å². The number of nitrogens with one attached hydrogen (secondary N) is 1. The van der Waals surface area contributed by atoms with Crippen molar-refractivity contribution in [1.82, 2.24) is 4.90 Å². The predicted octanol–water partition coefficient (Wildman–Crippen LogP) is 4.60. The number of benzene rings is 2. The normalized spacial score (nSPS) is 14.5. The minimum Gasteiger partial charge on any atom is -0.493 e. The molecule has 0 aliphatic carbocycles. The van der Waals surface area contributed by atoms with Gasteiger partial charge in [0.1, 0.15) is 5.82 Å². The molecule has 1 aliphatic rings. The van der Waals surface area contributed by atoms with E-state index in [1.165, 1.54) is 18.7 Å². The lowest BCUT2D eigenvalue weighted by atomic mass is 10.2. The molecule has 0 bridgehead atoms. The number of amides is 1. The smallest absolute Gasteiger partial charge is 0.221 e. The minimum atomic E-state index is -0.183. The lowest BCUT2D eigenvalue weighted by molar-refractivity contribution is -0.114.